The van der Waals surface area contributed by atoms with Gasteiger partial charge in [0.05, 0.1) is 13.2 Å². The number of halogens is 1. The Morgan fingerprint density at radius 3 is 2.50 bits per heavy atom. The fourth-order valence-corrected chi connectivity index (χ4v) is 1.44. The normalized spacial score (nSPS) is 13.2. The minimum absolute atomic E-state index is 0.0170. The van der Waals surface area contributed by atoms with Crippen LogP contribution in [-0.2, 0) is 4.79 Å². The van der Waals surface area contributed by atoms with Crippen molar-refractivity contribution in [3.05, 3.63) is 24.0 Å². The second-order valence-corrected chi connectivity index (χ2v) is 4.00. The maximum absolute atomic E-state index is 13.4. The average Bonchev–Trinajstić information content (AvgIpc) is 2.35. The van der Waals surface area contributed by atoms with E-state index in [1.807, 2.05) is 0 Å². The van der Waals surface area contributed by atoms with Gasteiger partial charge in [0.2, 0.25) is 0 Å². The Hall–Kier alpha value is -2.35. The third-order valence-electron chi connectivity index (χ3n) is 2.44. The first-order chi connectivity index (χ1) is 9.35. The molecule has 0 aliphatic rings. The van der Waals surface area contributed by atoms with Crippen LogP contribution in [0.3, 0.4) is 0 Å². The summed E-state index contributed by atoms with van der Waals surface area (Å²) < 4.78 is 18.1. The molecule has 0 heterocycles. The number of carbonyl (C=O) groups is 2. The SMILES string of the molecule is COc1ccc(NC(=O)NC(C(=O)O)C(C)O)cc1F. The Morgan fingerprint density at radius 1 is 1.40 bits per heavy atom. The first-order valence-corrected chi connectivity index (χ1v) is 5.67. The molecule has 0 fully saturated rings. The van der Waals surface area contributed by atoms with Crippen molar-refractivity contribution < 1.29 is 28.9 Å². The van der Waals surface area contributed by atoms with Gasteiger partial charge in [0.25, 0.3) is 0 Å². The van der Waals surface area contributed by atoms with E-state index in [0.29, 0.717) is 0 Å². The van der Waals surface area contributed by atoms with Crippen molar-refractivity contribution >= 4 is 17.7 Å². The number of anilines is 1. The van der Waals surface area contributed by atoms with Crippen molar-refractivity contribution in [3.8, 4) is 5.75 Å². The Bertz CT molecular complexity index is 507. The number of carboxylic acid groups (broad SMARTS) is 1. The van der Waals surface area contributed by atoms with Crippen LogP contribution in [-0.4, -0.2) is 41.5 Å². The molecule has 1 rings (SSSR count). The van der Waals surface area contributed by atoms with Crippen molar-refractivity contribution in [1.82, 2.24) is 5.32 Å². The number of aliphatic hydroxyl groups is 1. The molecule has 0 bridgehead atoms. The number of aliphatic carboxylic acids is 1. The molecule has 110 valence electrons. The summed E-state index contributed by atoms with van der Waals surface area (Å²) in [5, 5.41) is 22.3. The molecule has 0 saturated carbocycles. The number of carboxylic acids is 1. The van der Waals surface area contributed by atoms with Gasteiger partial charge in [-0.2, -0.15) is 0 Å². The second kappa shape index (κ2) is 6.71. The molecule has 2 atom stereocenters. The highest BCUT2D eigenvalue weighted by Crippen LogP contribution is 2.20. The fourth-order valence-electron chi connectivity index (χ4n) is 1.44. The zero-order valence-corrected chi connectivity index (χ0v) is 10.9. The van der Waals surface area contributed by atoms with E-state index in [1.165, 1.54) is 26.2 Å². The van der Waals surface area contributed by atoms with Crippen molar-refractivity contribution in [2.45, 2.75) is 19.1 Å². The number of ether oxygens (including phenoxy) is 1. The third kappa shape index (κ3) is 4.09. The predicted octanol–water partition coefficient (Wildman–Crippen LogP) is 0.790. The van der Waals surface area contributed by atoms with Gasteiger partial charge >= 0.3 is 12.0 Å². The molecule has 1 aromatic rings. The van der Waals surface area contributed by atoms with Gasteiger partial charge in [-0.05, 0) is 19.1 Å². The summed E-state index contributed by atoms with van der Waals surface area (Å²) >= 11 is 0. The molecule has 8 heteroatoms. The number of hydrogen-bond acceptors (Lipinski definition) is 4. The molecule has 4 N–H and O–H groups in total. The maximum atomic E-state index is 13.4. The van der Waals surface area contributed by atoms with E-state index < -0.39 is 30.0 Å². The number of carbonyl (C=O) groups excluding carboxylic acids is 1. The molecule has 7 nitrogen and oxygen atoms in total. The molecule has 0 aliphatic heterocycles. The lowest BCUT2D eigenvalue weighted by Gasteiger charge is -2.17. The summed E-state index contributed by atoms with van der Waals surface area (Å²) in [7, 11) is 1.30. The number of methoxy groups -OCH3 is 1. The summed E-state index contributed by atoms with van der Waals surface area (Å²) in [6.45, 7) is 1.23. The van der Waals surface area contributed by atoms with Crippen molar-refractivity contribution in [1.29, 1.82) is 0 Å². The van der Waals surface area contributed by atoms with E-state index in [1.54, 1.807) is 0 Å². The largest absolute Gasteiger partial charge is 0.494 e. The van der Waals surface area contributed by atoms with Crippen molar-refractivity contribution in [3.63, 3.8) is 0 Å². The molecule has 20 heavy (non-hydrogen) atoms. The van der Waals surface area contributed by atoms with Crippen molar-refractivity contribution in [2.24, 2.45) is 0 Å². The van der Waals surface area contributed by atoms with E-state index in [2.05, 4.69) is 10.6 Å². The number of hydrogen-bond donors (Lipinski definition) is 4. The highest BCUT2D eigenvalue weighted by molar-refractivity contribution is 5.92. The van der Waals surface area contributed by atoms with Crippen LogP contribution in [0.4, 0.5) is 14.9 Å². The monoisotopic (exact) mass is 286 g/mol. The van der Waals surface area contributed by atoms with Crippen molar-refractivity contribution in [2.75, 3.05) is 12.4 Å². The molecule has 0 spiro atoms. The maximum Gasteiger partial charge on any atom is 0.328 e. The van der Waals surface area contributed by atoms with Gasteiger partial charge in [-0.25, -0.2) is 14.0 Å². The van der Waals surface area contributed by atoms with E-state index in [-0.39, 0.29) is 11.4 Å². The van der Waals surface area contributed by atoms with Crippen LogP contribution in [0.2, 0.25) is 0 Å². The highest BCUT2D eigenvalue weighted by Gasteiger charge is 2.24. The average molecular weight is 286 g/mol. The number of nitrogens with one attached hydrogen (secondary N) is 2. The minimum atomic E-state index is -1.46. The predicted molar refractivity (Wildman–Crippen MR) is 68.2 cm³/mol. The Balaban J connectivity index is 2.71. The Labute approximate surface area is 114 Å². The molecule has 0 aliphatic carbocycles. The van der Waals surface area contributed by atoms with Crippen LogP contribution in [0, 0.1) is 5.82 Å². The van der Waals surface area contributed by atoms with Crippen LogP contribution in [0.25, 0.3) is 0 Å². The first-order valence-electron chi connectivity index (χ1n) is 5.67. The molecule has 0 radical (unpaired) electrons. The highest BCUT2D eigenvalue weighted by atomic mass is 19.1. The van der Waals surface area contributed by atoms with Crippen LogP contribution in [0.5, 0.6) is 5.75 Å². The van der Waals surface area contributed by atoms with E-state index >= 15 is 0 Å². The molecule has 2 amide bonds. The molecular weight excluding hydrogens is 271 g/mol. The summed E-state index contributed by atoms with van der Waals surface area (Å²) in [5.41, 5.74) is 0.121. The molecule has 0 saturated heterocycles. The molecule has 1 aromatic carbocycles. The minimum Gasteiger partial charge on any atom is -0.494 e. The van der Waals surface area contributed by atoms with E-state index in [4.69, 9.17) is 9.84 Å². The van der Waals surface area contributed by atoms with Crippen LogP contribution >= 0.6 is 0 Å². The standard InChI is InChI=1S/C12H15FN2O5/c1-6(16)10(11(17)18)15-12(19)14-7-3-4-9(20-2)8(13)5-7/h3-6,10,16H,1-2H3,(H,17,18)(H2,14,15,19). The van der Waals surface area contributed by atoms with E-state index in [0.717, 1.165) is 6.07 Å². The summed E-state index contributed by atoms with van der Waals surface area (Å²) in [5.74, 6) is -2.03. The van der Waals surface area contributed by atoms with Gasteiger partial charge in [0.15, 0.2) is 17.6 Å². The van der Waals surface area contributed by atoms with Gasteiger partial charge in [-0.1, -0.05) is 0 Å². The van der Waals surface area contributed by atoms with Gasteiger partial charge in [-0.3, -0.25) is 0 Å². The third-order valence-corrected chi connectivity index (χ3v) is 2.44. The Kier molecular flexibility index (Phi) is 5.27. The zero-order chi connectivity index (χ0) is 15.3. The lowest BCUT2D eigenvalue weighted by atomic mass is 10.2. The summed E-state index contributed by atoms with van der Waals surface area (Å²) in [6.07, 6.45) is -1.27. The lowest BCUT2D eigenvalue weighted by molar-refractivity contribution is -0.141. The van der Waals surface area contributed by atoms with Crippen LogP contribution in [0.15, 0.2) is 18.2 Å². The summed E-state index contributed by atoms with van der Waals surface area (Å²) in [6, 6.07) is 1.39. The number of benzene rings is 1. The molecule has 2 unspecified atom stereocenters. The van der Waals surface area contributed by atoms with Gasteiger partial charge < -0.3 is 25.6 Å². The quantitative estimate of drug-likeness (QED) is 0.640. The van der Waals surface area contributed by atoms with Gasteiger partial charge in [0.1, 0.15) is 0 Å². The van der Waals surface area contributed by atoms with E-state index in [9.17, 15) is 19.1 Å². The second-order valence-electron chi connectivity index (χ2n) is 4.00. The number of amides is 2. The number of rotatable bonds is 5. The summed E-state index contributed by atoms with van der Waals surface area (Å²) in [4.78, 5) is 22.3. The fraction of sp³-hybridized carbons (Fsp3) is 0.333. The van der Waals surface area contributed by atoms with Crippen LogP contribution < -0.4 is 15.4 Å². The topological polar surface area (TPSA) is 108 Å². The molecular formula is C12H15FN2O5. The molecule has 0 aromatic heterocycles. The first kappa shape index (κ1) is 15.7. The van der Waals surface area contributed by atoms with Gasteiger partial charge in [0, 0.05) is 11.8 Å². The van der Waals surface area contributed by atoms with Gasteiger partial charge in [-0.15, -0.1) is 0 Å². The zero-order valence-electron chi connectivity index (χ0n) is 10.9. The number of urea groups is 1. The Morgan fingerprint density at radius 2 is 2.05 bits per heavy atom. The smallest absolute Gasteiger partial charge is 0.328 e. The van der Waals surface area contributed by atoms with Crippen LogP contribution in [0.1, 0.15) is 6.92 Å². The number of aliphatic hydroxyl groups excluding tert-OH is 1. The lowest BCUT2D eigenvalue weighted by Crippen LogP contribution is -2.49.